The molecule has 1 unspecified atom stereocenters. The monoisotopic (exact) mass is 441 g/mol. The smallest absolute Gasteiger partial charge is 0.260 e. The molecule has 168 valence electrons. The average Bonchev–Trinajstić information content (AvgIpc) is 2.99. The van der Waals surface area contributed by atoms with Gasteiger partial charge in [-0.25, -0.2) is 4.99 Å². The molecule has 0 spiro atoms. The van der Waals surface area contributed by atoms with Crippen LogP contribution < -0.4 is 9.47 Å². The van der Waals surface area contributed by atoms with Crippen LogP contribution >= 0.6 is 0 Å². The number of nitrogens with zero attached hydrogens (tertiary/aromatic N) is 3. The Morgan fingerprint density at radius 3 is 2.64 bits per heavy atom. The van der Waals surface area contributed by atoms with Crippen molar-refractivity contribution in [1.29, 1.82) is 0 Å². The number of amidine groups is 1. The molecule has 1 amide bonds. The number of amides is 1. The largest absolute Gasteiger partial charge is 0.484 e. The molecule has 0 saturated carbocycles. The van der Waals surface area contributed by atoms with Gasteiger partial charge in [-0.05, 0) is 50.2 Å². The van der Waals surface area contributed by atoms with Gasteiger partial charge in [0.1, 0.15) is 23.0 Å². The first kappa shape index (κ1) is 21.1. The van der Waals surface area contributed by atoms with Crippen molar-refractivity contribution < 1.29 is 14.3 Å². The summed E-state index contributed by atoms with van der Waals surface area (Å²) in [6, 6.07) is 23.5. The Kier molecular flexibility index (Phi) is 5.73. The lowest BCUT2D eigenvalue weighted by Gasteiger charge is -2.41. The summed E-state index contributed by atoms with van der Waals surface area (Å²) in [7, 11) is 0. The maximum absolute atomic E-state index is 12.9. The van der Waals surface area contributed by atoms with E-state index in [4.69, 9.17) is 14.5 Å². The standard InChI is InChI=1S/C27H27N3O3/c1-19-12-13-24-22(16-19)27(28-23-10-6-7-11-25(23)33-24)29-14-15-30(20(2)17-29)26(31)18-32-21-8-4-3-5-9-21/h3-13,16,20H,14-15,17-18H2,1-2H3. The number of carbonyl (C=O) groups is 1. The highest BCUT2D eigenvalue weighted by Gasteiger charge is 2.31. The Labute approximate surface area is 194 Å². The van der Waals surface area contributed by atoms with Gasteiger partial charge in [-0.3, -0.25) is 4.79 Å². The van der Waals surface area contributed by atoms with Gasteiger partial charge in [-0.15, -0.1) is 0 Å². The Morgan fingerprint density at radius 1 is 1.03 bits per heavy atom. The van der Waals surface area contributed by atoms with Crippen LogP contribution in [-0.2, 0) is 4.79 Å². The molecule has 0 bridgehead atoms. The predicted molar refractivity (Wildman–Crippen MR) is 129 cm³/mol. The minimum absolute atomic E-state index is 0.00117. The second kappa shape index (κ2) is 8.98. The molecule has 0 radical (unpaired) electrons. The first-order valence-corrected chi connectivity index (χ1v) is 11.3. The van der Waals surface area contributed by atoms with E-state index in [0.717, 1.165) is 34.1 Å². The van der Waals surface area contributed by atoms with Crippen molar-refractivity contribution in [3.8, 4) is 17.2 Å². The Balaban J connectivity index is 1.35. The molecule has 3 aromatic carbocycles. The van der Waals surface area contributed by atoms with Gasteiger partial charge in [0.25, 0.3) is 5.91 Å². The van der Waals surface area contributed by atoms with E-state index in [1.54, 1.807) is 0 Å². The van der Waals surface area contributed by atoms with Crippen molar-refractivity contribution in [3.63, 3.8) is 0 Å². The van der Waals surface area contributed by atoms with Crippen LogP contribution in [0.3, 0.4) is 0 Å². The van der Waals surface area contributed by atoms with Crippen LogP contribution in [0.4, 0.5) is 5.69 Å². The summed E-state index contributed by atoms with van der Waals surface area (Å²) in [6.45, 7) is 6.17. The third-order valence-corrected chi connectivity index (χ3v) is 6.04. The van der Waals surface area contributed by atoms with Crippen LogP contribution in [0.15, 0.2) is 77.8 Å². The van der Waals surface area contributed by atoms with E-state index in [9.17, 15) is 4.79 Å². The SMILES string of the molecule is Cc1ccc2c(c1)C(N1CCN(C(=O)COc3ccccc3)C(C)C1)=Nc1ccccc1O2. The Hall–Kier alpha value is -3.80. The summed E-state index contributed by atoms with van der Waals surface area (Å²) in [4.78, 5) is 22.0. The summed E-state index contributed by atoms with van der Waals surface area (Å²) in [5.41, 5.74) is 2.94. The molecule has 0 aliphatic carbocycles. The van der Waals surface area contributed by atoms with Gasteiger partial charge in [0.15, 0.2) is 12.4 Å². The van der Waals surface area contributed by atoms with E-state index in [-0.39, 0.29) is 18.6 Å². The van der Waals surface area contributed by atoms with Gasteiger partial charge < -0.3 is 19.3 Å². The molecule has 6 nitrogen and oxygen atoms in total. The van der Waals surface area contributed by atoms with Crippen LogP contribution in [0.25, 0.3) is 0 Å². The minimum atomic E-state index is -0.00117. The van der Waals surface area contributed by atoms with Crippen molar-refractivity contribution >= 4 is 17.4 Å². The summed E-state index contributed by atoms with van der Waals surface area (Å²) in [5, 5.41) is 0. The lowest BCUT2D eigenvalue weighted by molar-refractivity contribution is -0.137. The zero-order chi connectivity index (χ0) is 22.8. The lowest BCUT2D eigenvalue weighted by Crippen LogP contribution is -2.56. The summed E-state index contributed by atoms with van der Waals surface area (Å²) in [6.07, 6.45) is 0. The number of hydrogen-bond acceptors (Lipinski definition) is 5. The Morgan fingerprint density at radius 2 is 1.82 bits per heavy atom. The number of para-hydroxylation sites is 3. The lowest BCUT2D eigenvalue weighted by atomic mass is 10.1. The third kappa shape index (κ3) is 4.42. The second-order valence-electron chi connectivity index (χ2n) is 8.49. The molecular formula is C27H27N3O3. The number of piperazine rings is 1. The number of ether oxygens (including phenoxy) is 2. The van der Waals surface area contributed by atoms with E-state index in [1.165, 1.54) is 0 Å². The molecule has 1 fully saturated rings. The van der Waals surface area contributed by atoms with Crippen molar-refractivity contribution in [1.82, 2.24) is 9.80 Å². The average molecular weight is 442 g/mol. The topological polar surface area (TPSA) is 54.4 Å². The molecule has 1 saturated heterocycles. The predicted octanol–water partition coefficient (Wildman–Crippen LogP) is 4.79. The molecule has 6 heteroatoms. The van der Waals surface area contributed by atoms with Crippen LogP contribution in [0.1, 0.15) is 18.1 Å². The highest BCUT2D eigenvalue weighted by molar-refractivity contribution is 6.04. The summed E-state index contributed by atoms with van der Waals surface area (Å²) in [5.74, 6) is 3.14. The molecule has 2 heterocycles. The quantitative estimate of drug-likeness (QED) is 0.586. The first-order chi connectivity index (χ1) is 16.1. The van der Waals surface area contributed by atoms with E-state index in [0.29, 0.717) is 25.4 Å². The maximum Gasteiger partial charge on any atom is 0.260 e. The van der Waals surface area contributed by atoms with Gasteiger partial charge in [-0.1, -0.05) is 42.0 Å². The molecule has 2 aliphatic rings. The van der Waals surface area contributed by atoms with E-state index in [2.05, 4.69) is 30.9 Å². The van der Waals surface area contributed by atoms with Crippen LogP contribution in [0, 0.1) is 6.92 Å². The minimum Gasteiger partial charge on any atom is -0.484 e. The van der Waals surface area contributed by atoms with Crippen molar-refractivity contribution in [3.05, 3.63) is 83.9 Å². The fourth-order valence-electron chi connectivity index (χ4n) is 4.34. The van der Waals surface area contributed by atoms with Crippen molar-refractivity contribution in [2.45, 2.75) is 19.9 Å². The summed E-state index contributed by atoms with van der Waals surface area (Å²) >= 11 is 0. The van der Waals surface area contributed by atoms with E-state index in [1.807, 2.05) is 65.6 Å². The molecular weight excluding hydrogens is 414 g/mol. The van der Waals surface area contributed by atoms with Crippen molar-refractivity contribution in [2.75, 3.05) is 26.2 Å². The number of aliphatic imine (C=N–C) groups is 1. The number of carbonyl (C=O) groups excluding carboxylic acids is 1. The molecule has 1 atom stereocenters. The highest BCUT2D eigenvalue weighted by atomic mass is 16.5. The molecule has 3 aromatic rings. The number of rotatable bonds is 3. The molecule has 2 aliphatic heterocycles. The molecule has 33 heavy (non-hydrogen) atoms. The van der Waals surface area contributed by atoms with E-state index < -0.39 is 0 Å². The zero-order valence-corrected chi connectivity index (χ0v) is 18.9. The van der Waals surface area contributed by atoms with Gasteiger partial charge in [0.2, 0.25) is 0 Å². The van der Waals surface area contributed by atoms with Crippen molar-refractivity contribution in [2.24, 2.45) is 4.99 Å². The zero-order valence-electron chi connectivity index (χ0n) is 18.9. The maximum atomic E-state index is 12.9. The fraction of sp³-hybridized carbons (Fsp3) is 0.259. The summed E-state index contributed by atoms with van der Waals surface area (Å²) < 4.78 is 11.9. The normalized spacial score (nSPS) is 17.3. The van der Waals surface area contributed by atoms with Gasteiger partial charge in [-0.2, -0.15) is 0 Å². The fourth-order valence-corrected chi connectivity index (χ4v) is 4.34. The van der Waals surface area contributed by atoms with Crippen LogP contribution in [0.2, 0.25) is 0 Å². The van der Waals surface area contributed by atoms with Gasteiger partial charge in [0, 0.05) is 25.7 Å². The van der Waals surface area contributed by atoms with E-state index >= 15 is 0 Å². The molecule has 0 N–H and O–H groups in total. The number of aryl methyl sites for hydroxylation is 1. The first-order valence-electron chi connectivity index (χ1n) is 11.3. The second-order valence-corrected chi connectivity index (χ2v) is 8.49. The third-order valence-electron chi connectivity index (χ3n) is 6.04. The number of fused-ring (bicyclic) bond motifs is 2. The van der Waals surface area contributed by atoms with Gasteiger partial charge >= 0.3 is 0 Å². The van der Waals surface area contributed by atoms with Crippen LogP contribution in [-0.4, -0.2) is 53.8 Å². The molecule has 0 aromatic heterocycles. The highest BCUT2D eigenvalue weighted by Crippen LogP contribution is 2.38. The van der Waals surface area contributed by atoms with Gasteiger partial charge in [0.05, 0.1) is 5.56 Å². The van der Waals surface area contributed by atoms with Crippen LogP contribution in [0.5, 0.6) is 17.2 Å². The molecule has 5 rings (SSSR count). The number of hydrogen-bond donors (Lipinski definition) is 0. The Bertz CT molecular complexity index is 1190. The number of benzene rings is 3.